The Balaban J connectivity index is 1.98. The SMILES string of the molecule is COC(=O)c1cccc(COC(=O)c2ccc(NC(C)=O)cc2)c1. The van der Waals surface area contributed by atoms with Crippen molar-refractivity contribution in [3.63, 3.8) is 0 Å². The minimum Gasteiger partial charge on any atom is -0.465 e. The van der Waals surface area contributed by atoms with Crippen molar-refractivity contribution >= 4 is 23.5 Å². The number of methoxy groups -OCH3 is 1. The van der Waals surface area contributed by atoms with Crippen LogP contribution in [0.5, 0.6) is 0 Å². The zero-order valence-corrected chi connectivity index (χ0v) is 13.4. The van der Waals surface area contributed by atoms with E-state index < -0.39 is 11.9 Å². The summed E-state index contributed by atoms with van der Waals surface area (Å²) in [6.45, 7) is 1.45. The molecule has 0 radical (unpaired) electrons. The number of benzene rings is 2. The van der Waals surface area contributed by atoms with Crippen LogP contribution in [0.15, 0.2) is 48.5 Å². The highest BCUT2D eigenvalue weighted by molar-refractivity contribution is 5.92. The van der Waals surface area contributed by atoms with Gasteiger partial charge in [-0.2, -0.15) is 0 Å². The van der Waals surface area contributed by atoms with Crippen LogP contribution < -0.4 is 5.32 Å². The van der Waals surface area contributed by atoms with E-state index in [1.807, 2.05) is 0 Å². The molecule has 0 aliphatic heterocycles. The van der Waals surface area contributed by atoms with Gasteiger partial charge in [0.2, 0.25) is 5.91 Å². The number of carbonyl (C=O) groups is 3. The first-order valence-electron chi connectivity index (χ1n) is 7.21. The zero-order valence-electron chi connectivity index (χ0n) is 13.4. The van der Waals surface area contributed by atoms with E-state index >= 15 is 0 Å². The summed E-state index contributed by atoms with van der Waals surface area (Å²) in [5.74, 6) is -1.12. The second-order valence-corrected chi connectivity index (χ2v) is 5.03. The van der Waals surface area contributed by atoms with Gasteiger partial charge in [0.1, 0.15) is 6.61 Å². The highest BCUT2D eigenvalue weighted by Gasteiger charge is 2.10. The summed E-state index contributed by atoms with van der Waals surface area (Å²) in [6, 6.07) is 13.1. The average Bonchev–Trinajstić information content (AvgIpc) is 2.59. The molecule has 2 rings (SSSR count). The Hall–Kier alpha value is -3.15. The molecule has 0 heterocycles. The molecule has 0 bridgehead atoms. The lowest BCUT2D eigenvalue weighted by Gasteiger charge is -2.07. The first-order chi connectivity index (χ1) is 11.5. The second kappa shape index (κ2) is 7.92. The highest BCUT2D eigenvalue weighted by atomic mass is 16.5. The number of rotatable bonds is 5. The van der Waals surface area contributed by atoms with Crippen molar-refractivity contribution in [2.75, 3.05) is 12.4 Å². The second-order valence-electron chi connectivity index (χ2n) is 5.03. The predicted octanol–water partition coefficient (Wildman–Crippen LogP) is 2.79. The third kappa shape index (κ3) is 4.67. The molecule has 2 aromatic rings. The summed E-state index contributed by atoms with van der Waals surface area (Å²) in [7, 11) is 1.31. The van der Waals surface area contributed by atoms with E-state index in [9.17, 15) is 14.4 Å². The van der Waals surface area contributed by atoms with Gasteiger partial charge in [-0.05, 0) is 42.0 Å². The maximum Gasteiger partial charge on any atom is 0.338 e. The third-order valence-electron chi connectivity index (χ3n) is 3.16. The maximum absolute atomic E-state index is 12.0. The lowest BCUT2D eigenvalue weighted by Crippen LogP contribution is -2.08. The van der Waals surface area contributed by atoms with Crippen LogP contribution in [0.4, 0.5) is 5.69 Å². The molecule has 24 heavy (non-hydrogen) atoms. The van der Waals surface area contributed by atoms with Gasteiger partial charge in [0.05, 0.1) is 18.2 Å². The molecular weight excluding hydrogens is 310 g/mol. The Labute approximate surface area is 139 Å². The molecule has 124 valence electrons. The lowest BCUT2D eigenvalue weighted by molar-refractivity contribution is -0.114. The van der Waals surface area contributed by atoms with Gasteiger partial charge in [-0.1, -0.05) is 12.1 Å². The first kappa shape index (κ1) is 17.2. The van der Waals surface area contributed by atoms with E-state index in [0.717, 1.165) is 0 Å². The van der Waals surface area contributed by atoms with Crippen LogP contribution in [0.2, 0.25) is 0 Å². The van der Waals surface area contributed by atoms with Crippen molar-refractivity contribution < 1.29 is 23.9 Å². The topological polar surface area (TPSA) is 81.7 Å². The predicted molar refractivity (Wildman–Crippen MR) is 87.6 cm³/mol. The quantitative estimate of drug-likeness (QED) is 0.854. The highest BCUT2D eigenvalue weighted by Crippen LogP contribution is 2.13. The number of amides is 1. The van der Waals surface area contributed by atoms with Crippen LogP contribution in [0.1, 0.15) is 33.2 Å². The molecule has 0 fully saturated rings. The number of ether oxygens (including phenoxy) is 2. The first-order valence-corrected chi connectivity index (χ1v) is 7.21. The monoisotopic (exact) mass is 327 g/mol. The van der Waals surface area contributed by atoms with Crippen LogP contribution >= 0.6 is 0 Å². The molecule has 1 N–H and O–H groups in total. The van der Waals surface area contributed by atoms with Gasteiger partial charge in [-0.25, -0.2) is 9.59 Å². The van der Waals surface area contributed by atoms with Crippen molar-refractivity contribution in [1.82, 2.24) is 0 Å². The summed E-state index contributed by atoms with van der Waals surface area (Å²) >= 11 is 0. The van der Waals surface area contributed by atoms with E-state index in [4.69, 9.17) is 4.74 Å². The standard InChI is InChI=1S/C18H17NO5/c1-12(20)19-16-8-6-14(7-9-16)18(22)24-11-13-4-3-5-15(10-13)17(21)23-2/h3-10H,11H2,1-2H3,(H,19,20). The van der Waals surface area contributed by atoms with Gasteiger partial charge in [-0.3, -0.25) is 4.79 Å². The molecular formula is C18H17NO5. The Morgan fingerprint density at radius 2 is 1.67 bits per heavy atom. The lowest BCUT2D eigenvalue weighted by atomic mass is 10.1. The summed E-state index contributed by atoms with van der Waals surface area (Å²) in [4.78, 5) is 34.5. The van der Waals surface area contributed by atoms with Gasteiger partial charge < -0.3 is 14.8 Å². The number of carbonyl (C=O) groups excluding carboxylic acids is 3. The molecule has 1 amide bonds. The average molecular weight is 327 g/mol. The van der Waals surface area contributed by atoms with E-state index in [1.165, 1.54) is 14.0 Å². The summed E-state index contributed by atoms with van der Waals surface area (Å²) in [5, 5.41) is 2.62. The molecule has 6 nitrogen and oxygen atoms in total. The number of hydrogen-bond donors (Lipinski definition) is 1. The minimum atomic E-state index is -0.493. The van der Waals surface area contributed by atoms with Crippen LogP contribution in [-0.4, -0.2) is 25.0 Å². The van der Waals surface area contributed by atoms with Crippen LogP contribution in [0.3, 0.4) is 0 Å². The van der Waals surface area contributed by atoms with Crippen molar-refractivity contribution in [3.05, 3.63) is 65.2 Å². The fourth-order valence-corrected chi connectivity index (χ4v) is 2.03. The van der Waals surface area contributed by atoms with Gasteiger partial charge in [-0.15, -0.1) is 0 Å². The normalized spacial score (nSPS) is 9.92. The van der Waals surface area contributed by atoms with Crippen LogP contribution in [0.25, 0.3) is 0 Å². The molecule has 0 unspecified atom stereocenters. The summed E-state index contributed by atoms with van der Waals surface area (Å²) in [6.07, 6.45) is 0. The van der Waals surface area contributed by atoms with Gasteiger partial charge in [0.25, 0.3) is 0 Å². The van der Waals surface area contributed by atoms with Crippen LogP contribution in [-0.2, 0) is 20.9 Å². The molecule has 0 atom stereocenters. The third-order valence-corrected chi connectivity index (χ3v) is 3.16. The largest absolute Gasteiger partial charge is 0.465 e. The summed E-state index contributed by atoms with van der Waals surface area (Å²) < 4.78 is 9.87. The number of hydrogen-bond acceptors (Lipinski definition) is 5. The van der Waals surface area contributed by atoms with Gasteiger partial charge >= 0.3 is 11.9 Å². The van der Waals surface area contributed by atoms with Crippen molar-refractivity contribution in [3.8, 4) is 0 Å². The van der Waals surface area contributed by atoms with E-state index in [2.05, 4.69) is 10.1 Å². The Morgan fingerprint density at radius 1 is 0.958 bits per heavy atom. The fraction of sp³-hybridized carbons (Fsp3) is 0.167. The number of esters is 2. The summed E-state index contributed by atoms with van der Waals surface area (Å²) in [5.41, 5.74) is 2.05. The maximum atomic E-state index is 12.0. The zero-order chi connectivity index (χ0) is 17.5. The molecule has 0 aromatic heterocycles. The molecule has 2 aromatic carbocycles. The molecule has 0 spiro atoms. The number of anilines is 1. The van der Waals surface area contributed by atoms with Crippen LogP contribution in [0, 0.1) is 0 Å². The van der Waals surface area contributed by atoms with Crippen molar-refractivity contribution in [2.45, 2.75) is 13.5 Å². The Bertz CT molecular complexity index is 752. The minimum absolute atomic E-state index is 0.0388. The van der Waals surface area contributed by atoms with Crippen molar-refractivity contribution in [1.29, 1.82) is 0 Å². The smallest absolute Gasteiger partial charge is 0.338 e. The van der Waals surface area contributed by atoms with E-state index in [1.54, 1.807) is 48.5 Å². The Morgan fingerprint density at radius 3 is 2.29 bits per heavy atom. The molecule has 0 aliphatic rings. The van der Waals surface area contributed by atoms with E-state index in [-0.39, 0.29) is 12.5 Å². The fourth-order valence-electron chi connectivity index (χ4n) is 2.03. The molecule has 6 heteroatoms. The molecule has 0 saturated carbocycles. The van der Waals surface area contributed by atoms with Gasteiger partial charge in [0.15, 0.2) is 0 Å². The van der Waals surface area contributed by atoms with E-state index in [0.29, 0.717) is 22.4 Å². The van der Waals surface area contributed by atoms with Crippen molar-refractivity contribution in [2.24, 2.45) is 0 Å². The van der Waals surface area contributed by atoms with Gasteiger partial charge in [0, 0.05) is 12.6 Å². The molecule has 0 aliphatic carbocycles. The number of nitrogens with one attached hydrogen (secondary N) is 1. The molecule has 0 saturated heterocycles. The Kier molecular flexibility index (Phi) is 5.68.